The first-order chi connectivity index (χ1) is 8.40. The number of nitrogens with one attached hydrogen (secondary N) is 1. The molecule has 0 aliphatic heterocycles. The fourth-order valence-corrected chi connectivity index (χ4v) is 2.36. The summed E-state index contributed by atoms with van der Waals surface area (Å²) in [5.74, 6) is 1.93. The Morgan fingerprint density at radius 3 is 2.39 bits per heavy atom. The van der Waals surface area contributed by atoms with E-state index in [1.165, 1.54) is 5.56 Å². The summed E-state index contributed by atoms with van der Waals surface area (Å²) in [7, 11) is 1.96. The predicted octanol–water partition coefficient (Wildman–Crippen LogP) is 3.42. The van der Waals surface area contributed by atoms with Crippen LogP contribution in [0.25, 0.3) is 0 Å². The molecular weight excluding hydrogens is 226 g/mol. The third-order valence-electron chi connectivity index (χ3n) is 3.42. The van der Waals surface area contributed by atoms with E-state index in [1.807, 2.05) is 32.5 Å². The van der Waals surface area contributed by atoms with Crippen LogP contribution in [0.4, 0.5) is 5.69 Å². The third-order valence-corrected chi connectivity index (χ3v) is 3.42. The topological polar surface area (TPSA) is 43.0 Å². The minimum Gasteiger partial charge on any atom is -0.466 e. The van der Waals surface area contributed by atoms with Crippen molar-refractivity contribution in [2.24, 2.45) is 7.05 Å². The fraction of sp³-hybridized carbons (Fsp3) is 0.500. The lowest BCUT2D eigenvalue weighted by atomic mass is 10.1. The molecule has 2 heterocycles. The molecule has 0 fully saturated rings. The van der Waals surface area contributed by atoms with Crippen LogP contribution in [0.2, 0.25) is 0 Å². The van der Waals surface area contributed by atoms with Crippen molar-refractivity contribution in [1.29, 1.82) is 0 Å². The summed E-state index contributed by atoms with van der Waals surface area (Å²) in [5, 5.41) is 7.94. The van der Waals surface area contributed by atoms with Gasteiger partial charge in [0.2, 0.25) is 0 Å². The maximum Gasteiger partial charge on any atom is 0.106 e. The van der Waals surface area contributed by atoms with Gasteiger partial charge >= 0.3 is 0 Å². The smallest absolute Gasteiger partial charge is 0.106 e. The zero-order chi connectivity index (χ0) is 13.4. The molecule has 1 unspecified atom stereocenters. The van der Waals surface area contributed by atoms with Gasteiger partial charge in [0.25, 0.3) is 0 Å². The average Bonchev–Trinajstić information content (AvgIpc) is 2.73. The number of nitrogens with zero attached hydrogens (tertiary/aromatic N) is 2. The minimum atomic E-state index is 0.212. The number of hydrogen-bond acceptors (Lipinski definition) is 3. The molecule has 0 amide bonds. The summed E-state index contributed by atoms with van der Waals surface area (Å²) in [6, 6.07) is 2.30. The first-order valence-electron chi connectivity index (χ1n) is 6.23. The van der Waals surface area contributed by atoms with Crippen LogP contribution in [0.1, 0.15) is 41.4 Å². The monoisotopic (exact) mass is 247 g/mol. The molecule has 0 saturated heterocycles. The summed E-state index contributed by atoms with van der Waals surface area (Å²) in [5.41, 5.74) is 4.50. The van der Waals surface area contributed by atoms with Crippen molar-refractivity contribution < 1.29 is 4.42 Å². The molecule has 0 aliphatic rings. The van der Waals surface area contributed by atoms with E-state index in [9.17, 15) is 0 Å². The molecule has 4 nitrogen and oxygen atoms in total. The van der Waals surface area contributed by atoms with Crippen LogP contribution < -0.4 is 5.32 Å². The molecule has 18 heavy (non-hydrogen) atoms. The molecule has 98 valence electrons. The van der Waals surface area contributed by atoms with E-state index >= 15 is 0 Å². The number of rotatable bonds is 3. The predicted molar refractivity (Wildman–Crippen MR) is 72.9 cm³/mol. The van der Waals surface area contributed by atoms with Gasteiger partial charge in [-0.25, -0.2) is 0 Å². The van der Waals surface area contributed by atoms with E-state index in [4.69, 9.17) is 4.42 Å². The lowest BCUT2D eigenvalue weighted by Crippen LogP contribution is -2.08. The van der Waals surface area contributed by atoms with Crippen molar-refractivity contribution in [3.05, 3.63) is 34.5 Å². The molecule has 0 aliphatic carbocycles. The Morgan fingerprint density at radius 2 is 1.94 bits per heavy atom. The normalized spacial score (nSPS) is 12.8. The third kappa shape index (κ3) is 2.15. The summed E-state index contributed by atoms with van der Waals surface area (Å²) in [4.78, 5) is 0. The Bertz CT molecular complexity index is 566. The Labute approximate surface area is 108 Å². The van der Waals surface area contributed by atoms with E-state index in [0.717, 1.165) is 28.6 Å². The molecule has 1 atom stereocenters. The van der Waals surface area contributed by atoms with Gasteiger partial charge in [0, 0.05) is 12.6 Å². The fourth-order valence-electron chi connectivity index (χ4n) is 2.36. The van der Waals surface area contributed by atoms with Crippen LogP contribution >= 0.6 is 0 Å². The van der Waals surface area contributed by atoms with Crippen molar-refractivity contribution >= 4 is 5.69 Å². The van der Waals surface area contributed by atoms with Gasteiger partial charge in [-0.1, -0.05) is 0 Å². The molecule has 0 spiro atoms. The SMILES string of the molecule is Cc1cc(C(C)Nc2c(C)nn(C)c2C)c(C)o1. The van der Waals surface area contributed by atoms with Crippen LogP contribution in [0, 0.1) is 27.7 Å². The number of hydrogen-bond donors (Lipinski definition) is 1. The van der Waals surface area contributed by atoms with Gasteiger partial charge < -0.3 is 9.73 Å². The van der Waals surface area contributed by atoms with E-state index in [-0.39, 0.29) is 6.04 Å². The number of aryl methyl sites for hydroxylation is 4. The zero-order valence-corrected chi connectivity index (χ0v) is 12.0. The van der Waals surface area contributed by atoms with Crippen molar-refractivity contribution in [3.63, 3.8) is 0 Å². The van der Waals surface area contributed by atoms with Crippen LogP contribution in [0.3, 0.4) is 0 Å². The largest absolute Gasteiger partial charge is 0.466 e. The van der Waals surface area contributed by atoms with E-state index in [0.29, 0.717) is 0 Å². The number of furan rings is 1. The van der Waals surface area contributed by atoms with E-state index in [1.54, 1.807) is 0 Å². The van der Waals surface area contributed by atoms with Crippen molar-refractivity contribution in [1.82, 2.24) is 9.78 Å². The highest BCUT2D eigenvalue weighted by molar-refractivity contribution is 5.53. The first kappa shape index (κ1) is 12.7. The summed E-state index contributed by atoms with van der Waals surface area (Å²) in [6.07, 6.45) is 0. The second-order valence-corrected chi connectivity index (χ2v) is 4.90. The molecule has 2 rings (SSSR count). The highest BCUT2D eigenvalue weighted by Crippen LogP contribution is 2.27. The maximum absolute atomic E-state index is 5.58. The molecule has 2 aromatic heterocycles. The van der Waals surface area contributed by atoms with Gasteiger partial charge in [0.15, 0.2) is 0 Å². The molecular formula is C14H21N3O. The molecule has 2 aromatic rings. The highest BCUT2D eigenvalue weighted by Gasteiger charge is 2.16. The van der Waals surface area contributed by atoms with Crippen LogP contribution in [-0.2, 0) is 7.05 Å². The molecule has 1 N–H and O–H groups in total. The first-order valence-corrected chi connectivity index (χ1v) is 6.23. The quantitative estimate of drug-likeness (QED) is 0.903. The molecule has 0 aromatic carbocycles. The minimum absolute atomic E-state index is 0.212. The van der Waals surface area contributed by atoms with E-state index < -0.39 is 0 Å². The second kappa shape index (κ2) is 4.52. The number of anilines is 1. The van der Waals surface area contributed by atoms with Gasteiger partial charge in [-0.3, -0.25) is 4.68 Å². The Morgan fingerprint density at radius 1 is 1.28 bits per heavy atom. The lowest BCUT2D eigenvalue weighted by Gasteiger charge is -2.15. The van der Waals surface area contributed by atoms with Crippen molar-refractivity contribution in [2.75, 3.05) is 5.32 Å². The number of aromatic nitrogens is 2. The summed E-state index contributed by atoms with van der Waals surface area (Å²) < 4.78 is 7.48. The molecule has 0 saturated carbocycles. The Hall–Kier alpha value is -1.71. The summed E-state index contributed by atoms with van der Waals surface area (Å²) in [6.45, 7) is 10.2. The Kier molecular flexibility index (Phi) is 3.20. The van der Waals surface area contributed by atoms with Crippen molar-refractivity contribution in [3.8, 4) is 0 Å². The maximum atomic E-state index is 5.58. The van der Waals surface area contributed by atoms with Crippen LogP contribution in [0.15, 0.2) is 10.5 Å². The summed E-state index contributed by atoms with van der Waals surface area (Å²) >= 11 is 0. The van der Waals surface area contributed by atoms with Crippen LogP contribution in [-0.4, -0.2) is 9.78 Å². The standard InChI is InChI=1S/C14H21N3O/c1-8-7-13(12(5)18-8)9(2)15-14-10(3)16-17(6)11(14)4/h7,9,15H,1-6H3. The molecule has 4 heteroatoms. The van der Waals surface area contributed by atoms with Crippen LogP contribution in [0.5, 0.6) is 0 Å². The van der Waals surface area contributed by atoms with Gasteiger partial charge in [0.05, 0.1) is 23.1 Å². The van der Waals surface area contributed by atoms with Gasteiger partial charge in [-0.05, 0) is 40.7 Å². The highest BCUT2D eigenvalue weighted by atomic mass is 16.3. The van der Waals surface area contributed by atoms with E-state index in [2.05, 4.69) is 30.3 Å². The van der Waals surface area contributed by atoms with Gasteiger partial charge in [0.1, 0.15) is 11.5 Å². The zero-order valence-electron chi connectivity index (χ0n) is 12.0. The molecule has 0 radical (unpaired) electrons. The van der Waals surface area contributed by atoms with Gasteiger partial charge in [-0.15, -0.1) is 0 Å². The average molecular weight is 247 g/mol. The van der Waals surface area contributed by atoms with Crippen molar-refractivity contribution in [2.45, 2.75) is 40.7 Å². The Balaban J connectivity index is 2.26. The molecule has 0 bridgehead atoms. The second-order valence-electron chi connectivity index (χ2n) is 4.90. The van der Waals surface area contributed by atoms with Gasteiger partial charge in [-0.2, -0.15) is 5.10 Å². The lowest BCUT2D eigenvalue weighted by molar-refractivity contribution is 0.500.